The number of fused-ring (bicyclic) bond motifs is 1. The first-order chi connectivity index (χ1) is 12.0. The number of nitrogens with one attached hydrogen (secondary N) is 2. The van der Waals surface area contributed by atoms with Gasteiger partial charge in [0.15, 0.2) is 5.75 Å². The van der Waals surface area contributed by atoms with Gasteiger partial charge >= 0.3 is 0 Å². The lowest BCUT2D eigenvalue weighted by molar-refractivity contribution is -0.116. The van der Waals surface area contributed by atoms with E-state index in [2.05, 4.69) is 10.4 Å². The van der Waals surface area contributed by atoms with Crippen LogP contribution in [0.25, 0.3) is 10.8 Å². The van der Waals surface area contributed by atoms with E-state index in [1.807, 2.05) is 0 Å². The summed E-state index contributed by atoms with van der Waals surface area (Å²) in [5.41, 5.74) is -0.603. The maximum Gasteiger partial charge on any atom is 0.273 e. The average Bonchev–Trinajstić information content (AvgIpc) is 2.61. The minimum absolute atomic E-state index is 0.00787. The third-order valence-electron chi connectivity index (χ3n) is 3.71. The zero-order valence-corrected chi connectivity index (χ0v) is 13.7. The number of para-hydroxylation sites is 1. The van der Waals surface area contributed by atoms with Crippen LogP contribution in [0.4, 0.5) is 5.69 Å². The van der Waals surface area contributed by atoms with E-state index in [0.717, 1.165) is 4.68 Å². The highest BCUT2D eigenvalue weighted by molar-refractivity contribution is 6.32. The molecule has 0 spiro atoms. The monoisotopic (exact) mass is 359 g/mol. The predicted molar refractivity (Wildman–Crippen MR) is 95.2 cm³/mol. The van der Waals surface area contributed by atoms with Gasteiger partial charge in [-0.2, -0.15) is 0 Å². The largest absolute Gasteiger partial charge is 0.504 e. The molecule has 0 bridgehead atoms. The van der Waals surface area contributed by atoms with Crippen molar-refractivity contribution in [3.63, 3.8) is 0 Å². The molecule has 0 saturated heterocycles. The molecule has 0 radical (unpaired) electrons. The zero-order chi connectivity index (χ0) is 18.0. The van der Waals surface area contributed by atoms with Crippen molar-refractivity contribution in [2.75, 3.05) is 5.32 Å². The number of H-pyrrole nitrogens is 1. The number of amides is 1. The number of phenols is 1. The van der Waals surface area contributed by atoms with Crippen LogP contribution in [-0.2, 0) is 11.3 Å². The lowest BCUT2D eigenvalue weighted by atomic mass is 10.2. The third kappa shape index (κ3) is 3.41. The molecule has 25 heavy (non-hydrogen) atoms. The molecule has 0 saturated carbocycles. The number of carbonyl (C=O) groups excluding carboxylic acids is 1. The highest BCUT2D eigenvalue weighted by atomic mass is 35.5. The molecular formula is C17H14ClN3O4. The first-order valence-corrected chi connectivity index (χ1v) is 7.84. The van der Waals surface area contributed by atoms with Gasteiger partial charge in [-0.1, -0.05) is 29.8 Å². The second-order valence-electron chi connectivity index (χ2n) is 5.38. The minimum Gasteiger partial charge on any atom is -0.504 e. The number of nitrogens with zero attached hydrogens (tertiary/aromatic N) is 1. The van der Waals surface area contributed by atoms with Crippen molar-refractivity contribution in [2.45, 2.75) is 13.0 Å². The lowest BCUT2D eigenvalue weighted by Crippen LogP contribution is -2.31. The minimum atomic E-state index is -0.432. The van der Waals surface area contributed by atoms with Crippen molar-refractivity contribution in [1.29, 1.82) is 0 Å². The zero-order valence-electron chi connectivity index (χ0n) is 13.0. The van der Waals surface area contributed by atoms with Crippen molar-refractivity contribution >= 4 is 34.0 Å². The quantitative estimate of drug-likeness (QED) is 0.620. The molecule has 0 fully saturated rings. The first-order valence-electron chi connectivity index (χ1n) is 7.46. The highest BCUT2D eigenvalue weighted by Crippen LogP contribution is 2.31. The van der Waals surface area contributed by atoms with Gasteiger partial charge in [-0.05, 0) is 24.3 Å². The fraction of sp³-hybridized carbons (Fsp3) is 0.118. The van der Waals surface area contributed by atoms with E-state index >= 15 is 0 Å². The molecular weight excluding hydrogens is 346 g/mol. The number of phenolic OH excluding ortho intramolecular Hbond substituents is 1. The molecule has 1 amide bonds. The highest BCUT2D eigenvalue weighted by Gasteiger charge is 2.11. The Kier molecular flexibility index (Phi) is 4.58. The molecule has 7 nitrogen and oxygen atoms in total. The Morgan fingerprint density at radius 1 is 1.12 bits per heavy atom. The SMILES string of the molecule is O=C(CCn1[nH]c(=O)c2ccccc2c1=O)Nc1cccc(Cl)c1O. The molecule has 0 aliphatic heterocycles. The van der Waals surface area contributed by atoms with Crippen molar-refractivity contribution < 1.29 is 9.90 Å². The smallest absolute Gasteiger partial charge is 0.273 e. The molecule has 2 aromatic carbocycles. The number of carbonyl (C=O) groups is 1. The Labute approximate surface area is 146 Å². The summed E-state index contributed by atoms with van der Waals surface area (Å²) in [5, 5.41) is 15.5. The molecule has 3 N–H and O–H groups in total. The van der Waals surface area contributed by atoms with E-state index < -0.39 is 11.5 Å². The van der Waals surface area contributed by atoms with Crippen LogP contribution in [0.2, 0.25) is 5.02 Å². The fourth-order valence-corrected chi connectivity index (χ4v) is 2.62. The van der Waals surface area contributed by atoms with Crippen molar-refractivity contribution in [2.24, 2.45) is 0 Å². The number of benzene rings is 2. The summed E-state index contributed by atoms with van der Waals surface area (Å²) in [6.45, 7) is -0.00787. The Balaban J connectivity index is 1.78. The molecule has 0 atom stereocenters. The number of aromatic amines is 1. The molecule has 3 aromatic rings. The van der Waals surface area contributed by atoms with Crippen molar-refractivity contribution in [1.82, 2.24) is 9.78 Å². The summed E-state index contributed by atoms with van der Waals surface area (Å²) in [5.74, 6) is -0.660. The van der Waals surface area contributed by atoms with E-state index in [1.165, 1.54) is 12.1 Å². The van der Waals surface area contributed by atoms with Gasteiger partial charge < -0.3 is 10.4 Å². The Bertz CT molecular complexity index is 1070. The van der Waals surface area contributed by atoms with E-state index in [9.17, 15) is 19.5 Å². The first kappa shape index (κ1) is 16.8. The fourth-order valence-electron chi connectivity index (χ4n) is 2.45. The number of aromatic hydroxyl groups is 1. The average molecular weight is 360 g/mol. The van der Waals surface area contributed by atoms with Crippen LogP contribution in [0.5, 0.6) is 5.75 Å². The number of halogens is 1. The molecule has 0 unspecified atom stereocenters. The van der Waals surface area contributed by atoms with Crippen LogP contribution < -0.4 is 16.4 Å². The van der Waals surface area contributed by atoms with Crippen LogP contribution in [-0.4, -0.2) is 20.8 Å². The van der Waals surface area contributed by atoms with Gasteiger partial charge in [0.05, 0.1) is 28.0 Å². The van der Waals surface area contributed by atoms with Gasteiger partial charge in [-0.25, -0.2) is 4.68 Å². The van der Waals surface area contributed by atoms with Gasteiger partial charge in [-0.3, -0.25) is 19.5 Å². The number of anilines is 1. The van der Waals surface area contributed by atoms with Gasteiger partial charge in [0, 0.05) is 6.42 Å². The van der Waals surface area contributed by atoms with E-state index in [1.54, 1.807) is 30.3 Å². The molecule has 8 heteroatoms. The number of aromatic nitrogens is 2. The second-order valence-corrected chi connectivity index (χ2v) is 5.78. The Morgan fingerprint density at radius 3 is 2.60 bits per heavy atom. The van der Waals surface area contributed by atoms with Gasteiger partial charge in [0.1, 0.15) is 0 Å². The van der Waals surface area contributed by atoms with E-state index in [0.29, 0.717) is 10.8 Å². The van der Waals surface area contributed by atoms with Crippen molar-refractivity contribution in [3.8, 4) is 5.75 Å². The number of aryl methyl sites for hydroxylation is 1. The van der Waals surface area contributed by atoms with Gasteiger partial charge in [-0.15, -0.1) is 0 Å². The maximum absolute atomic E-state index is 12.4. The van der Waals surface area contributed by atoms with Crippen molar-refractivity contribution in [3.05, 3.63) is 68.2 Å². The standard InChI is InChI=1S/C17H14ClN3O4/c18-12-6-3-7-13(15(12)23)19-14(22)8-9-21-17(25)11-5-2-1-4-10(11)16(24)20-21/h1-7,23H,8-9H2,(H,19,22)(H,20,24). The third-order valence-corrected chi connectivity index (χ3v) is 4.01. The van der Waals surface area contributed by atoms with Gasteiger partial charge in [0.25, 0.3) is 11.1 Å². The summed E-state index contributed by atoms with van der Waals surface area (Å²) in [4.78, 5) is 36.4. The van der Waals surface area contributed by atoms with Gasteiger partial charge in [0.2, 0.25) is 5.91 Å². The number of rotatable bonds is 4. The number of hydrogen-bond acceptors (Lipinski definition) is 4. The normalized spacial score (nSPS) is 10.8. The van der Waals surface area contributed by atoms with Crippen LogP contribution in [0.15, 0.2) is 52.1 Å². The summed E-state index contributed by atoms with van der Waals surface area (Å²) in [6.07, 6.45) is -0.0693. The van der Waals surface area contributed by atoms with Crippen LogP contribution in [0, 0.1) is 0 Å². The van der Waals surface area contributed by atoms with E-state index in [4.69, 9.17) is 11.6 Å². The Hall–Kier alpha value is -3.06. The summed E-state index contributed by atoms with van der Waals surface area (Å²) in [7, 11) is 0. The molecule has 0 aliphatic rings. The van der Waals surface area contributed by atoms with E-state index in [-0.39, 0.29) is 35.0 Å². The molecule has 0 aliphatic carbocycles. The van der Waals surface area contributed by atoms with Crippen LogP contribution in [0.1, 0.15) is 6.42 Å². The van der Waals surface area contributed by atoms with Crippen LogP contribution in [0.3, 0.4) is 0 Å². The Morgan fingerprint density at radius 2 is 1.84 bits per heavy atom. The summed E-state index contributed by atoms with van der Waals surface area (Å²) in [6, 6.07) is 11.1. The number of hydrogen-bond donors (Lipinski definition) is 3. The molecule has 3 rings (SSSR count). The topological polar surface area (TPSA) is 104 Å². The summed E-state index contributed by atoms with van der Waals surface area (Å²) >= 11 is 5.78. The second kappa shape index (κ2) is 6.82. The molecule has 1 heterocycles. The van der Waals surface area contributed by atoms with Crippen LogP contribution >= 0.6 is 11.6 Å². The summed E-state index contributed by atoms with van der Waals surface area (Å²) < 4.78 is 1.10. The maximum atomic E-state index is 12.4. The molecule has 1 aromatic heterocycles. The lowest BCUT2D eigenvalue weighted by Gasteiger charge is -2.09. The predicted octanol–water partition coefficient (Wildman–Crippen LogP) is 2.08. The molecule has 128 valence electrons.